The number of hydrogen-bond donors (Lipinski definition) is 0. The molecule has 0 bridgehead atoms. The lowest BCUT2D eigenvalue weighted by molar-refractivity contribution is -0.151. The number of carbonyl (C=O) groups is 2. The molecular formula is C21H22N2O3S2. The standard InChI is InChI=1S/C21H22N2O3S2/c1-14-8-10-16(11-9-14)27-15(2)21(25)26-13-20(24)23(3)12-19-22-17-6-4-5-7-18(17)28-19/h4-11,15H,12-13H2,1-3H3/t15-/m0/s1. The van der Waals surface area contributed by atoms with Gasteiger partial charge in [-0.25, -0.2) is 4.98 Å². The van der Waals surface area contributed by atoms with Crippen molar-refractivity contribution in [1.29, 1.82) is 0 Å². The van der Waals surface area contributed by atoms with Gasteiger partial charge in [-0.15, -0.1) is 23.1 Å². The van der Waals surface area contributed by atoms with Gasteiger partial charge in [0, 0.05) is 11.9 Å². The lowest BCUT2D eigenvalue weighted by Crippen LogP contribution is -2.32. The second-order valence-corrected chi connectivity index (χ2v) is 9.04. The first-order valence-corrected chi connectivity index (χ1v) is 10.6. The monoisotopic (exact) mass is 414 g/mol. The zero-order valence-corrected chi connectivity index (χ0v) is 17.7. The molecule has 1 aromatic heterocycles. The summed E-state index contributed by atoms with van der Waals surface area (Å²) in [5.74, 6) is -0.646. The number of nitrogens with zero attached hydrogens (tertiary/aromatic N) is 2. The molecule has 0 saturated carbocycles. The summed E-state index contributed by atoms with van der Waals surface area (Å²) in [4.78, 5) is 31.5. The molecule has 5 nitrogen and oxygen atoms in total. The van der Waals surface area contributed by atoms with Crippen LogP contribution in [0.1, 0.15) is 17.5 Å². The number of thiazole rings is 1. The van der Waals surface area contributed by atoms with Gasteiger partial charge in [-0.3, -0.25) is 9.59 Å². The summed E-state index contributed by atoms with van der Waals surface area (Å²) >= 11 is 2.98. The molecule has 1 heterocycles. The molecule has 0 aliphatic rings. The topological polar surface area (TPSA) is 59.5 Å². The second-order valence-electron chi connectivity index (χ2n) is 6.51. The molecule has 0 radical (unpaired) electrons. The predicted molar refractivity (Wildman–Crippen MR) is 114 cm³/mol. The number of fused-ring (bicyclic) bond motifs is 1. The van der Waals surface area contributed by atoms with Crippen LogP contribution in [0.2, 0.25) is 0 Å². The highest BCUT2D eigenvalue weighted by atomic mass is 32.2. The first kappa shape index (κ1) is 20.4. The Balaban J connectivity index is 1.48. The van der Waals surface area contributed by atoms with E-state index >= 15 is 0 Å². The van der Waals surface area contributed by atoms with Crippen LogP contribution in [0, 0.1) is 6.92 Å². The van der Waals surface area contributed by atoms with Crippen molar-refractivity contribution >= 4 is 45.2 Å². The molecule has 0 aliphatic heterocycles. The van der Waals surface area contributed by atoms with E-state index in [1.54, 1.807) is 25.3 Å². The zero-order valence-electron chi connectivity index (χ0n) is 16.0. The van der Waals surface area contributed by atoms with Crippen LogP contribution in [-0.4, -0.2) is 40.7 Å². The minimum Gasteiger partial charge on any atom is -0.455 e. The number of aryl methyl sites for hydroxylation is 1. The van der Waals surface area contributed by atoms with E-state index in [9.17, 15) is 9.59 Å². The average Bonchev–Trinajstić information content (AvgIpc) is 3.09. The minimum absolute atomic E-state index is 0.250. The molecule has 2 aromatic carbocycles. The number of ether oxygens (including phenoxy) is 1. The summed E-state index contributed by atoms with van der Waals surface area (Å²) in [7, 11) is 1.69. The van der Waals surface area contributed by atoms with Crippen molar-refractivity contribution in [2.75, 3.05) is 13.7 Å². The highest BCUT2D eigenvalue weighted by molar-refractivity contribution is 8.00. The molecule has 3 aromatic rings. The Hall–Kier alpha value is -2.38. The van der Waals surface area contributed by atoms with Gasteiger partial charge in [0.25, 0.3) is 5.91 Å². The van der Waals surface area contributed by atoms with Crippen molar-refractivity contribution in [1.82, 2.24) is 9.88 Å². The number of benzene rings is 2. The Morgan fingerprint density at radius 2 is 1.89 bits per heavy atom. The molecule has 28 heavy (non-hydrogen) atoms. The number of hydrogen-bond acceptors (Lipinski definition) is 6. The molecule has 7 heteroatoms. The smallest absolute Gasteiger partial charge is 0.319 e. The van der Waals surface area contributed by atoms with E-state index in [1.807, 2.05) is 55.5 Å². The normalized spacial score (nSPS) is 12.0. The van der Waals surface area contributed by atoms with Crippen LogP contribution in [0.25, 0.3) is 10.2 Å². The van der Waals surface area contributed by atoms with E-state index < -0.39 is 5.97 Å². The largest absolute Gasteiger partial charge is 0.455 e. The fourth-order valence-electron chi connectivity index (χ4n) is 2.51. The number of para-hydroxylation sites is 1. The van der Waals surface area contributed by atoms with Crippen molar-refractivity contribution in [3.05, 3.63) is 59.1 Å². The van der Waals surface area contributed by atoms with Crippen molar-refractivity contribution in [2.24, 2.45) is 0 Å². The molecule has 1 atom stereocenters. The zero-order chi connectivity index (χ0) is 20.1. The maximum atomic E-state index is 12.3. The van der Waals surface area contributed by atoms with Gasteiger partial charge < -0.3 is 9.64 Å². The molecule has 1 amide bonds. The molecule has 0 unspecified atom stereocenters. The maximum absolute atomic E-state index is 12.3. The van der Waals surface area contributed by atoms with Crippen LogP contribution in [0.4, 0.5) is 0 Å². The van der Waals surface area contributed by atoms with Gasteiger partial charge in [0.05, 0.1) is 16.8 Å². The van der Waals surface area contributed by atoms with Crippen LogP contribution in [0.15, 0.2) is 53.4 Å². The number of likely N-dealkylation sites (N-methyl/N-ethyl adjacent to an activating group) is 1. The molecule has 0 spiro atoms. The van der Waals surface area contributed by atoms with Crippen LogP contribution >= 0.6 is 23.1 Å². The highest BCUT2D eigenvalue weighted by Crippen LogP contribution is 2.24. The van der Waals surface area contributed by atoms with Gasteiger partial charge in [0.1, 0.15) is 10.3 Å². The van der Waals surface area contributed by atoms with E-state index in [2.05, 4.69) is 4.98 Å². The van der Waals surface area contributed by atoms with Crippen LogP contribution < -0.4 is 0 Å². The van der Waals surface area contributed by atoms with E-state index in [0.717, 1.165) is 20.1 Å². The lowest BCUT2D eigenvalue weighted by atomic mass is 10.2. The highest BCUT2D eigenvalue weighted by Gasteiger charge is 2.19. The van der Waals surface area contributed by atoms with Crippen molar-refractivity contribution < 1.29 is 14.3 Å². The SMILES string of the molecule is Cc1ccc(S[C@@H](C)C(=O)OCC(=O)N(C)Cc2nc3ccccc3s2)cc1. The third-order valence-corrected chi connectivity index (χ3v) is 6.25. The molecule has 0 saturated heterocycles. The van der Waals surface area contributed by atoms with E-state index in [0.29, 0.717) is 6.54 Å². The van der Waals surface area contributed by atoms with Crippen LogP contribution in [0.5, 0.6) is 0 Å². The summed E-state index contributed by atoms with van der Waals surface area (Å²) in [5, 5.41) is 0.469. The number of esters is 1. The van der Waals surface area contributed by atoms with Crippen molar-refractivity contribution in [3.63, 3.8) is 0 Å². The van der Waals surface area contributed by atoms with Gasteiger partial charge in [-0.2, -0.15) is 0 Å². The van der Waals surface area contributed by atoms with Gasteiger partial charge in [0.15, 0.2) is 6.61 Å². The van der Waals surface area contributed by atoms with Gasteiger partial charge in [-0.1, -0.05) is 29.8 Å². The van der Waals surface area contributed by atoms with Crippen LogP contribution in [-0.2, 0) is 20.9 Å². The van der Waals surface area contributed by atoms with E-state index in [1.165, 1.54) is 22.2 Å². The number of aromatic nitrogens is 1. The number of carbonyl (C=O) groups excluding carboxylic acids is 2. The summed E-state index contributed by atoms with van der Waals surface area (Å²) in [5.41, 5.74) is 2.10. The summed E-state index contributed by atoms with van der Waals surface area (Å²) in [6.45, 7) is 3.92. The van der Waals surface area contributed by atoms with E-state index in [4.69, 9.17) is 4.74 Å². The van der Waals surface area contributed by atoms with Gasteiger partial charge in [0.2, 0.25) is 0 Å². The maximum Gasteiger partial charge on any atom is 0.319 e. The Kier molecular flexibility index (Phi) is 6.70. The lowest BCUT2D eigenvalue weighted by Gasteiger charge is -2.16. The molecule has 3 rings (SSSR count). The summed E-state index contributed by atoms with van der Waals surface area (Å²) in [6, 6.07) is 15.8. The van der Waals surface area contributed by atoms with Crippen LogP contribution in [0.3, 0.4) is 0 Å². The number of amides is 1. The molecule has 146 valence electrons. The predicted octanol–water partition coefficient (Wildman–Crippen LogP) is 4.29. The Labute approximate surface area is 172 Å². The average molecular weight is 415 g/mol. The molecule has 0 aliphatic carbocycles. The fraction of sp³-hybridized carbons (Fsp3) is 0.286. The molecular weight excluding hydrogens is 392 g/mol. The number of thioether (sulfide) groups is 1. The number of rotatable bonds is 7. The Morgan fingerprint density at radius 3 is 2.61 bits per heavy atom. The van der Waals surface area contributed by atoms with Gasteiger partial charge >= 0.3 is 5.97 Å². The third kappa shape index (κ3) is 5.33. The molecule has 0 fully saturated rings. The van der Waals surface area contributed by atoms with Crippen molar-refractivity contribution in [2.45, 2.75) is 30.5 Å². The first-order chi connectivity index (χ1) is 13.4. The third-order valence-electron chi connectivity index (χ3n) is 4.14. The second kappa shape index (κ2) is 9.21. The fourth-order valence-corrected chi connectivity index (χ4v) is 4.39. The summed E-state index contributed by atoms with van der Waals surface area (Å²) in [6.07, 6.45) is 0. The first-order valence-electron chi connectivity index (χ1n) is 8.91. The Morgan fingerprint density at radius 1 is 1.18 bits per heavy atom. The minimum atomic E-state index is -0.396. The summed E-state index contributed by atoms with van der Waals surface area (Å²) < 4.78 is 6.30. The Bertz CT molecular complexity index is 936. The molecule has 0 N–H and O–H groups in total. The quantitative estimate of drug-likeness (QED) is 0.426. The van der Waals surface area contributed by atoms with Crippen molar-refractivity contribution in [3.8, 4) is 0 Å². The van der Waals surface area contributed by atoms with Gasteiger partial charge in [-0.05, 0) is 38.1 Å². The van der Waals surface area contributed by atoms with E-state index in [-0.39, 0.29) is 17.8 Å².